The molecule has 1 aliphatic rings. The summed E-state index contributed by atoms with van der Waals surface area (Å²) in [6, 6.07) is 4.47. The van der Waals surface area contributed by atoms with Gasteiger partial charge in [-0.3, -0.25) is 0 Å². The van der Waals surface area contributed by atoms with E-state index in [1.54, 1.807) is 6.07 Å². The first-order valence-electron chi connectivity index (χ1n) is 6.49. The third-order valence-electron chi connectivity index (χ3n) is 3.41. The van der Waals surface area contributed by atoms with Gasteiger partial charge >= 0.3 is 0 Å². The van der Waals surface area contributed by atoms with E-state index in [2.05, 4.69) is 0 Å². The van der Waals surface area contributed by atoms with Crippen LogP contribution in [0, 0.1) is 5.82 Å². The molecule has 1 aromatic rings. The molecule has 0 radical (unpaired) electrons. The fraction of sp³-hybridized carbons (Fsp3) is 0.538. The maximum absolute atomic E-state index is 13.6. The van der Waals surface area contributed by atoms with Crippen molar-refractivity contribution in [3.8, 4) is 5.75 Å². The van der Waals surface area contributed by atoms with Gasteiger partial charge in [-0.2, -0.15) is 17.0 Å². The van der Waals surface area contributed by atoms with Gasteiger partial charge in [-0.05, 0) is 30.5 Å². The molecule has 20 heavy (non-hydrogen) atoms. The van der Waals surface area contributed by atoms with Crippen LogP contribution < -0.4 is 4.74 Å². The SMILES string of the molecule is COc1ccc(CN(C)S(=O)(=O)N2CCCC2)cc1F. The highest BCUT2D eigenvalue weighted by Crippen LogP contribution is 2.21. The number of rotatable bonds is 5. The van der Waals surface area contributed by atoms with Gasteiger partial charge in [-0.25, -0.2) is 4.39 Å². The standard InChI is InChI=1S/C13H19FN2O3S/c1-15(20(17,18)16-7-3-4-8-16)10-11-5-6-13(19-2)12(14)9-11/h5-6,9H,3-4,7-8,10H2,1-2H3. The van der Waals surface area contributed by atoms with Crippen LogP contribution in [0.25, 0.3) is 0 Å². The highest BCUT2D eigenvalue weighted by Gasteiger charge is 2.29. The summed E-state index contributed by atoms with van der Waals surface area (Å²) in [5.41, 5.74) is 0.591. The van der Waals surface area contributed by atoms with E-state index in [-0.39, 0.29) is 12.3 Å². The zero-order valence-corrected chi connectivity index (χ0v) is 12.5. The van der Waals surface area contributed by atoms with E-state index in [4.69, 9.17) is 4.74 Å². The van der Waals surface area contributed by atoms with Crippen LogP contribution in [0.5, 0.6) is 5.75 Å². The minimum Gasteiger partial charge on any atom is -0.494 e. The average Bonchev–Trinajstić information content (AvgIpc) is 2.93. The molecular weight excluding hydrogens is 283 g/mol. The van der Waals surface area contributed by atoms with Crippen molar-refractivity contribution < 1.29 is 17.5 Å². The molecule has 0 saturated carbocycles. The van der Waals surface area contributed by atoms with Crippen LogP contribution in [0.1, 0.15) is 18.4 Å². The minimum absolute atomic E-state index is 0.139. The molecule has 0 aliphatic carbocycles. The molecule has 1 saturated heterocycles. The van der Waals surface area contributed by atoms with Crippen LogP contribution in [0.3, 0.4) is 0 Å². The molecule has 0 N–H and O–H groups in total. The summed E-state index contributed by atoms with van der Waals surface area (Å²) in [5, 5.41) is 0. The summed E-state index contributed by atoms with van der Waals surface area (Å²) in [4.78, 5) is 0. The van der Waals surface area contributed by atoms with Crippen molar-refractivity contribution in [3.05, 3.63) is 29.6 Å². The van der Waals surface area contributed by atoms with E-state index in [1.807, 2.05) is 0 Å². The Bertz CT molecular complexity index is 571. The Balaban J connectivity index is 2.11. The number of nitrogens with zero attached hydrogens (tertiary/aromatic N) is 2. The van der Waals surface area contributed by atoms with Crippen molar-refractivity contribution in [1.29, 1.82) is 0 Å². The molecule has 0 unspecified atom stereocenters. The Morgan fingerprint density at radius 3 is 2.55 bits per heavy atom. The molecule has 2 rings (SSSR count). The van der Waals surface area contributed by atoms with Crippen LogP contribution in [-0.2, 0) is 16.8 Å². The van der Waals surface area contributed by atoms with Gasteiger partial charge in [0.05, 0.1) is 7.11 Å². The molecule has 0 bridgehead atoms. The molecule has 7 heteroatoms. The number of benzene rings is 1. The van der Waals surface area contributed by atoms with E-state index in [0.29, 0.717) is 18.7 Å². The first kappa shape index (κ1) is 15.2. The van der Waals surface area contributed by atoms with Crippen LogP contribution in [0.2, 0.25) is 0 Å². The van der Waals surface area contributed by atoms with Crippen molar-refractivity contribution in [2.75, 3.05) is 27.2 Å². The van der Waals surface area contributed by atoms with E-state index >= 15 is 0 Å². The van der Waals surface area contributed by atoms with Crippen molar-refractivity contribution in [2.45, 2.75) is 19.4 Å². The van der Waals surface area contributed by atoms with E-state index in [0.717, 1.165) is 12.8 Å². The Morgan fingerprint density at radius 1 is 1.35 bits per heavy atom. The third-order valence-corrected chi connectivity index (χ3v) is 5.34. The number of ether oxygens (including phenoxy) is 1. The number of hydrogen-bond donors (Lipinski definition) is 0. The van der Waals surface area contributed by atoms with Gasteiger partial charge in [0.1, 0.15) is 0 Å². The Labute approximate surface area is 119 Å². The van der Waals surface area contributed by atoms with Crippen LogP contribution in [0.15, 0.2) is 18.2 Å². The van der Waals surface area contributed by atoms with E-state index in [9.17, 15) is 12.8 Å². The summed E-state index contributed by atoms with van der Waals surface area (Å²) in [6.07, 6.45) is 1.79. The molecule has 1 fully saturated rings. The van der Waals surface area contributed by atoms with Crippen molar-refractivity contribution in [1.82, 2.24) is 8.61 Å². The Morgan fingerprint density at radius 2 is 2.00 bits per heavy atom. The number of methoxy groups -OCH3 is 1. The lowest BCUT2D eigenvalue weighted by Gasteiger charge is -2.23. The maximum Gasteiger partial charge on any atom is 0.282 e. The summed E-state index contributed by atoms with van der Waals surface area (Å²) in [5.74, 6) is -0.337. The molecule has 5 nitrogen and oxygen atoms in total. The van der Waals surface area contributed by atoms with Crippen molar-refractivity contribution in [2.24, 2.45) is 0 Å². The van der Waals surface area contributed by atoms with Crippen LogP contribution in [-0.4, -0.2) is 44.3 Å². The fourth-order valence-corrected chi connectivity index (χ4v) is 3.69. The predicted octanol–water partition coefficient (Wildman–Crippen LogP) is 1.61. The van der Waals surface area contributed by atoms with Crippen molar-refractivity contribution >= 4 is 10.2 Å². The third kappa shape index (κ3) is 3.11. The monoisotopic (exact) mass is 302 g/mol. The summed E-state index contributed by atoms with van der Waals surface area (Å²) < 4.78 is 45.7. The normalized spacial score (nSPS) is 16.8. The zero-order chi connectivity index (χ0) is 14.8. The van der Waals surface area contributed by atoms with Gasteiger partial charge in [-0.15, -0.1) is 0 Å². The molecule has 0 atom stereocenters. The van der Waals surface area contributed by atoms with Gasteiger partial charge in [0.2, 0.25) is 0 Å². The predicted molar refractivity (Wildman–Crippen MR) is 74.1 cm³/mol. The molecule has 0 amide bonds. The molecule has 1 aliphatic heterocycles. The maximum atomic E-state index is 13.6. The lowest BCUT2D eigenvalue weighted by molar-refractivity contribution is 0.381. The van der Waals surface area contributed by atoms with Gasteiger partial charge in [0.25, 0.3) is 10.2 Å². The first-order chi connectivity index (χ1) is 9.45. The summed E-state index contributed by atoms with van der Waals surface area (Å²) in [7, 11) is -0.552. The lowest BCUT2D eigenvalue weighted by atomic mass is 10.2. The van der Waals surface area contributed by atoms with E-state index < -0.39 is 16.0 Å². The van der Waals surface area contributed by atoms with E-state index in [1.165, 1.54) is 34.9 Å². The Hall–Kier alpha value is -1.18. The topological polar surface area (TPSA) is 49.9 Å². The smallest absolute Gasteiger partial charge is 0.282 e. The second-order valence-corrected chi connectivity index (χ2v) is 6.87. The number of hydrogen-bond acceptors (Lipinski definition) is 3. The van der Waals surface area contributed by atoms with Gasteiger partial charge in [0, 0.05) is 26.7 Å². The van der Waals surface area contributed by atoms with Crippen molar-refractivity contribution in [3.63, 3.8) is 0 Å². The zero-order valence-electron chi connectivity index (χ0n) is 11.7. The first-order valence-corrected chi connectivity index (χ1v) is 7.88. The second-order valence-electron chi connectivity index (χ2n) is 4.84. The highest BCUT2D eigenvalue weighted by atomic mass is 32.2. The molecule has 112 valence electrons. The van der Waals surface area contributed by atoms with Crippen LogP contribution in [0.4, 0.5) is 4.39 Å². The molecular formula is C13H19FN2O3S. The Kier molecular flexibility index (Phi) is 4.62. The number of halogens is 1. The molecule has 0 spiro atoms. The summed E-state index contributed by atoms with van der Waals surface area (Å²) >= 11 is 0. The lowest BCUT2D eigenvalue weighted by Crippen LogP contribution is -2.39. The average molecular weight is 302 g/mol. The van der Waals surface area contributed by atoms with Gasteiger partial charge in [-0.1, -0.05) is 6.07 Å². The molecule has 1 aromatic carbocycles. The fourth-order valence-electron chi connectivity index (χ4n) is 2.26. The molecule has 1 heterocycles. The minimum atomic E-state index is -3.45. The second kappa shape index (κ2) is 6.07. The largest absolute Gasteiger partial charge is 0.494 e. The van der Waals surface area contributed by atoms with Gasteiger partial charge < -0.3 is 4.74 Å². The highest BCUT2D eigenvalue weighted by molar-refractivity contribution is 7.86. The quantitative estimate of drug-likeness (QED) is 0.830. The van der Waals surface area contributed by atoms with Crippen LogP contribution >= 0.6 is 0 Å². The molecule has 0 aromatic heterocycles. The van der Waals surface area contributed by atoms with Gasteiger partial charge in [0.15, 0.2) is 11.6 Å². The summed E-state index contributed by atoms with van der Waals surface area (Å²) in [6.45, 7) is 1.26.